The van der Waals surface area contributed by atoms with Crippen LogP contribution < -0.4 is 0 Å². The van der Waals surface area contributed by atoms with Crippen LogP contribution in [0, 0.1) is 23.7 Å². The fourth-order valence-corrected chi connectivity index (χ4v) is 5.71. The fraction of sp³-hybridized carbons (Fsp3) is 0.333. The number of imide groups is 1. The van der Waals surface area contributed by atoms with Crippen LogP contribution >= 0.6 is 11.6 Å². The van der Waals surface area contributed by atoms with Crippen molar-refractivity contribution < 1.29 is 19.2 Å². The van der Waals surface area contributed by atoms with Gasteiger partial charge in [0.05, 0.1) is 22.4 Å². The van der Waals surface area contributed by atoms with E-state index in [0.717, 1.165) is 29.3 Å². The Labute approximate surface area is 184 Å². The molecule has 2 bridgehead atoms. The van der Waals surface area contributed by atoms with E-state index in [9.17, 15) is 19.2 Å². The molecule has 5 rings (SSSR count). The molecule has 31 heavy (non-hydrogen) atoms. The number of ketones is 1. The van der Waals surface area contributed by atoms with E-state index in [1.165, 1.54) is 6.07 Å². The normalized spacial score (nSPS) is 26.3. The molecule has 0 radical (unpaired) electrons. The quantitative estimate of drug-likeness (QED) is 0.530. The molecule has 0 spiro atoms. The summed E-state index contributed by atoms with van der Waals surface area (Å²) in [6.07, 6.45) is 2.75. The minimum Gasteiger partial charge on any atom is -0.292 e. The predicted molar refractivity (Wildman–Crippen MR) is 113 cm³/mol. The van der Waals surface area contributed by atoms with Gasteiger partial charge in [0.25, 0.3) is 17.7 Å². The molecule has 1 saturated heterocycles. The van der Waals surface area contributed by atoms with Gasteiger partial charge in [0.1, 0.15) is 6.54 Å². The van der Waals surface area contributed by atoms with Gasteiger partial charge in [-0.15, -0.1) is 0 Å². The molecule has 2 aromatic rings. The van der Waals surface area contributed by atoms with Gasteiger partial charge in [0, 0.05) is 5.56 Å². The third kappa shape index (κ3) is 3.17. The molecule has 0 N–H and O–H groups in total. The summed E-state index contributed by atoms with van der Waals surface area (Å²) >= 11 is 6.23. The van der Waals surface area contributed by atoms with Gasteiger partial charge in [-0.05, 0) is 43.2 Å². The number of rotatable bonds is 5. The number of nitrogens with zero attached hydrogens (tertiary/aromatic N) is 2. The van der Waals surface area contributed by atoms with Crippen molar-refractivity contribution in [1.82, 2.24) is 10.0 Å². The van der Waals surface area contributed by atoms with Gasteiger partial charge in [0.2, 0.25) is 0 Å². The summed E-state index contributed by atoms with van der Waals surface area (Å²) in [6, 6.07) is 14.9. The summed E-state index contributed by atoms with van der Waals surface area (Å²) in [7, 11) is 0. The lowest BCUT2D eigenvalue weighted by Crippen LogP contribution is -2.52. The molecule has 3 amide bonds. The molecule has 3 aliphatic rings. The minimum absolute atomic E-state index is 0.144. The summed E-state index contributed by atoms with van der Waals surface area (Å²) in [5.74, 6) is -2.16. The highest BCUT2D eigenvalue weighted by atomic mass is 35.5. The molecular formula is C24H21ClN2O4. The number of carbonyl (C=O) groups is 4. The summed E-state index contributed by atoms with van der Waals surface area (Å²) in [5, 5.41) is 2.13. The number of amides is 3. The first kappa shape index (κ1) is 19.9. The fourth-order valence-electron chi connectivity index (χ4n) is 5.49. The maximum Gasteiger partial charge on any atom is 0.274 e. The van der Waals surface area contributed by atoms with Crippen LogP contribution in [0.2, 0.25) is 5.02 Å². The molecule has 4 atom stereocenters. The zero-order valence-electron chi connectivity index (χ0n) is 16.7. The maximum atomic E-state index is 13.5. The first-order valence-electron chi connectivity index (χ1n) is 10.5. The standard InChI is InChI=1S/C24H21ClN2O4/c25-18-9-5-4-8-17(18)22(29)26(13-19(28)14-6-2-1-3-7-14)27-23(30)20-15-10-11-16(12-15)21(20)24(27)31/h1-9,15-16,20-21H,10-13H2/t15-,16-,20+,21+/m0/s1. The van der Waals surface area contributed by atoms with E-state index >= 15 is 0 Å². The van der Waals surface area contributed by atoms with Gasteiger partial charge < -0.3 is 0 Å². The number of halogens is 1. The van der Waals surface area contributed by atoms with Crippen LogP contribution in [0.25, 0.3) is 0 Å². The Morgan fingerprint density at radius 2 is 1.48 bits per heavy atom. The van der Waals surface area contributed by atoms with Gasteiger partial charge in [-0.3, -0.25) is 19.2 Å². The monoisotopic (exact) mass is 436 g/mol. The molecule has 1 aliphatic heterocycles. The molecule has 3 fully saturated rings. The second kappa shape index (κ2) is 7.61. The van der Waals surface area contributed by atoms with Crippen molar-refractivity contribution in [2.24, 2.45) is 23.7 Å². The van der Waals surface area contributed by atoms with Crippen molar-refractivity contribution in [2.45, 2.75) is 19.3 Å². The Kier molecular flexibility index (Phi) is 4.89. The second-order valence-electron chi connectivity index (χ2n) is 8.50. The Morgan fingerprint density at radius 1 is 0.903 bits per heavy atom. The number of hydrazine groups is 1. The topological polar surface area (TPSA) is 74.8 Å². The van der Waals surface area contributed by atoms with Crippen molar-refractivity contribution in [1.29, 1.82) is 0 Å². The lowest BCUT2D eigenvalue weighted by atomic mass is 9.81. The summed E-state index contributed by atoms with van der Waals surface area (Å²) in [6.45, 7) is -0.416. The first-order valence-corrected chi connectivity index (χ1v) is 10.9. The van der Waals surface area contributed by atoms with Gasteiger partial charge in [-0.25, -0.2) is 5.01 Å². The number of hydrogen-bond donors (Lipinski definition) is 0. The third-order valence-electron chi connectivity index (χ3n) is 6.87. The van der Waals surface area contributed by atoms with Gasteiger partial charge >= 0.3 is 0 Å². The highest BCUT2D eigenvalue weighted by molar-refractivity contribution is 6.34. The van der Waals surface area contributed by atoms with Gasteiger partial charge in [0.15, 0.2) is 5.78 Å². The van der Waals surface area contributed by atoms with Crippen LogP contribution in [0.15, 0.2) is 54.6 Å². The Morgan fingerprint density at radius 3 is 2.10 bits per heavy atom. The zero-order valence-corrected chi connectivity index (χ0v) is 17.5. The number of carbonyl (C=O) groups excluding carboxylic acids is 4. The highest BCUT2D eigenvalue weighted by Gasteiger charge is 2.62. The lowest BCUT2D eigenvalue weighted by Gasteiger charge is -2.31. The highest BCUT2D eigenvalue weighted by Crippen LogP contribution is 2.56. The average molecular weight is 437 g/mol. The maximum absolute atomic E-state index is 13.5. The summed E-state index contributed by atoms with van der Waals surface area (Å²) in [5.41, 5.74) is 0.546. The van der Waals surface area contributed by atoms with Crippen LogP contribution in [0.5, 0.6) is 0 Å². The minimum atomic E-state index is -0.635. The molecule has 2 saturated carbocycles. The van der Waals surface area contributed by atoms with Crippen molar-refractivity contribution in [3.05, 3.63) is 70.7 Å². The van der Waals surface area contributed by atoms with Crippen molar-refractivity contribution in [3.63, 3.8) is 0 Å². The number of Topliss-reactive ketones (excluding diaryl/α,β-unsaturated/α-hetero) is 1. The molecule has 0 aromatic heterocycles. The van der Waals surface area contributed by atoms with Crippen molar-refractivity contribution >= 4 is 35.1 Å². The number of hydrogen-bond acceptors (Lipinski definition) is 4. The first-order chi connectivity index (χ1) is 15.0. The van der Waals surface area contributed by atoms with Gasteiger partial charge in [-0.2, -0.15) is 5.01 Å². The van der Waals surface area contributed by atoms with Crippen LogP contribution in [0.3, 0.4) is 0 Å². The predicted octanol–water partition coefficient (Wildman–Crippen LogP) is 3.61. The molecule has 0 unspecified atom stereocenters. The van der Waals surface area contributed by atoms with E-state index in [2.05, 4.69) is 0 Å². The molecule has 2 aromatic carbocycles. The molecule has 2 aliphatic carbocycles. The Balaban J connectivity index is 1.52. The van der Waals surface area contributed by atoms with Crippen LogP contribution in [0.4, 0.5) is 0 Å². The lowest BCUT2D eigenvalue weighted by molar-refractivity contribution is -0.154. The Bertz CT molecular complexity index is 1060. The smallest absolute Gasteiger partial charge is 0.274 e. The van der Waals surface area contributed by atoms with Crippen molar-refractivity contribution in [3.8, 4) is 0 Å². The van der Waals surface area contributed by atoms with E-state index in [-0.39, 0.29) is 51.9 Å². The van der Waals surface area contributed by atoms with Gasteiger partial charge in [-0.1, -0.05) is 54.1 Å². The van der Waals surface area contributed by atoms with E-state index in [0.29, 0.717) is 5.56 Å². The molecule has 7 heteroatoms. The summed E-state index contributed by atoms with van der Waals surface area (Å²) in [4.78, 5) is 53.1. The van der Waals surface area contributed by atoms with E-state index < -0.39 is 12.5 Å². The van der Waals surface area contributed by atoms with E-state index in [1.807, 2.05) is 0 Å². The van der Waals surface area contributed by atoms with Crippen LogP contribution in [0.1, 0.15) is 40.0 Å². The van der Waals surface area contributed by atoms with Crippen molar-refractivity contribution in [2.75, 3.05) is 6.54 Å². The van der Waals surface area contributed by atoms with Crippen LogP contribution in [-0.4, -0.2) is 40.1 Å². The summed E-state index contributed by atoms with van der Waals surface area (Å²) < 4.78 is 0. The Hall–Kier alpha value is -2.99. The molecule has 158 valence electrons. The third-order valence-corrected chi connectivity index (χ3v) is 7.20. The SMILES string of the molecule is O=C(CN(C(=O)c1ccccc1Cl)N1C(=O)[C@@H]2[C@H]3CC[C@@H](C3)[C@H]2C1=O)c1ccccc1. The largest absolute Gasteiger partial charge is 0.292 e. The zero-order chi connectivity index (χ0) is 21.7. The molecular weight excluding hydrogens is 416 g/mol. The molecule has 6 nitrogen and oxygen atoms in total. The number of fused-ring (bicyclic) bond motifs is 5. The van der Waals surface area contributed by atoms with Crippen LogP contribution in [-0.2, 0) is 9.59 Å². The average Bonchev–Trinajstić information content (AvgIpc) is 3.46. The molecule has 1 heterocycles. The van der Waals surface area contributed by atoms with E-state index in [1.54, 1.807) is 48.5 Å². The van der Waals surface area contributed by atoms with E-state index in [4.69, 9.17) is 11.6 Å². The number of benzene rings is 2. The second-order valence-corrected chi connectivity index (χ2v) is 8.91.